The molecule has 0 aromatic carbocycles. The van der Waals surface area contributed by atoms with Crippen LogP contribution in [-0.2, 0) is 5.41 Å². The highest BCUT2D eigenvalue weighted by Gasteiger charge is 2.40. The third-order valence-corrected chi connectivity index (χ3v) is 3.91. The van der Waals surface area contributed by atoms with Crippen molar-refractivity contribution in [2.24, 2.45) is 5.73 Å². The van der Waals surface area contributed by atoms with Gasteiger partial charge in [0.2, 0.25) is 0 Å². The lowest BCUT2D eigenvalue weighted by Gasteiger charge is -2.39. The lowest BCUT2D eigenvalue weighted by atomic mass is 9.68. The zero-order chi connectivity index (χ0) is 11.9. The molecule has 1 aliphatic rings. The molecule has 4 heteroatoms. The van der Waals surface area contributed by atoms with Gasteiger partial charge < -0.3 is 14.9 Å². The zero-order valence-electron chi connectivity index (χ0n) is 10.0. The van der Waals surface area contributed by atoms with E-state index in [1.807, 2.05) is 24.5 Å². The number of rotatable bonds is 3. The summed E-state index contributed by atoms with van der Waals surface area (Å²) in [6, 6.07) is 3.96. The summed E-state index contributed by atoms with van der Waals surface area (Å²) >= 11 is 0. The van der Waals surface area contributed by atoms with Gasteiger partial charge in [-0.2, -0.15) is 0 Å². The molecule has 0 amide bonds. The van der Waals surface area contributed by atoms with E-state index >= 15 is 0 Å². The molecule has 0 aliphatic heterocycles. The van der Waals surface area contributed by atoms with Crippen molar-refractivity contribution in [3.05, 3.63) is 30.4 Å². The maximum atomic E-state index is 5.93. The molecule has 1 saturated carbocycles. The average Bonchev–Trinajstić information content (AvgIpc) is 2.72. The zero-order valence-corrected chi connectivity index (χ0v) is 10.0. The second-order valence-electron chi connectivity index (χ2n) is 4.78. The van der Waals surface area contributed by atoms with E-state index in [1.165, 1.54) is 6.42 Å². The summed E-state index contributed by atoms with van der Waals surface area (Å²) in [6.07, 6.45) is 7.46. The monoisotopic (exact) mass is 231 g/mol. The summed E-state index contributed by atoms with van der Waals surface area (Å²) in [6.45, 7) is 0.679. The summed E-state index contributed by atoms with van der Waals surface area (Å²) in [7, 11) is 1.68. The van der Waals surface area contributed by atoms with Crippen molar-refractivity contribution < 1.29 is 4.74 Å². The minimum absolute atomic E-state index is 0.0982. The fourth-order valence-electron chi connectivity index (χ4n) is 2.62. The van der Waals surface area contributed by atoms with Gasteiger partial charge in [0.1, 0.15) is 11.6 Å². The molecule has 17 heavy (non-hydrogen) atoms. The van der Waals surface area contributed by atoms with Gasteiger partial charge >= 0.3 is 0 Å². The molecule has 90 valence electrons. The molecular weight excluding hydrogens is 214 g/mol. The fourth-order valence-corrected chi connectivity index (χ4v) is 2.62. The smallest absolute Gasteiger partial charge is 0.122 e. The second kappa shape index (κ2) is 3.74. The molecule has 3 rings (SSSR count). The number of aromatic nitrogens is 2. The number of imidazole rings is 1. The molecule has 0 saturated heterocycles. The van der Waals surface area contributed by atoms with Crippen LogP contribution < -0.4 is 10.5 Å². The molecular formula is C13H17N3O. The molecule has 2 aromatic rings. The molecule has 0 spiro atoms. The quantitative estimate of drug-likeness (QED) is 0.875. The Labute approximate surface area is 100 Å². The van der Waals surface area contributed by atoms with Crippen LogP contribution in [0.1, 0.15) is 25.1 Å². The first-order chi connectivity index (χ1) is 8.29. The summed E-state index contributed by atoms with van der Waals surface area (Å²) in [5, 5.41) is 0. The minimum atomic E-state index is 0.0982. The Hall–Kier alpha value is -1.55. The Morgan fingerprint density at radius 3 is 2.94 bits per heavy atom. The number of hydrogen-bond acceptors (Lipinski definition) is 3. The van der Waals surface area contributed by atoms with Gasteiger partial charge in [0.05, 0.1) is 18.8 Å². The Morgan fingerprint density at radius 2 is 2.35 bits per heavy atom. The first-order valence-electron chi connectivity index (χ1n) is 6.01. The Bertz CT molecular complexity index is 537. The van der Waals surface area contributed by atoms with E-state index in [-0.39, 0.29) is 5.41 Å². The van der Waals surface area contributed by atoms with Crippen molar-refractivity contribution in [3.63, 3.8) is 0 Å². The Kier molecular flexibility index (Phi) is 2.33. The van der Waals surface area contributed by atoms with Crippen LogP contribution in [0.5, 0.6) is 5.75 Å². The Morgan fingerprint density at radius 1 is 1.53 bits per heavy atom. The van der Waals surface area contributed by atoms with Crippen LogP contribution in [0.2, 0.25) is 0 Å². The summed E-state index contributed by atoms with van der Waals surface area (Å²) in [4.78, 5) is 4.56. The number of hydrogen-bond donors (Lipinski definition) is 1. The maximum absolute atomic E-state index is 5.93. The highest BCUT2D eigenvalue weighted by molar-refractivity contribution is 5.51. The number of nitrogens with two attached hydrogens (primary N) is 1. The van der Waals surface area contributed by atoms with Gasteiger partial charge in [0.25, 0.3) is 0 Å². The first-order valence-corrected chi connectivity index (χ1v) is 6.01. The van der Waals surface area contributed by atoms with Crippen molar-refractivity contribution in [2.45, 2.75) is 24.7 Å². The van der Waals surface area contributed by atoms with Crippen LogP contribution in [0.25, 0.3) is 5.52 Å². The summed E-state index contributed by atoms with van der Waals surface area (Å²) < 4.78 is 7.35. The summed E-state index contributed by atoms with van der Waals surface area (Å²) in [5.74, 6) is 1.96. The fraction of sp³-hybridized carbons (Fsp3) is 0.462. The highest BCUT2D eigenvalue weighted by atomic mass is 16.5. The van der Waals surface area contributed by atoms with E-state index in [9.17, 15) is 0 Å². The van der Waals surface area contributed by atoms with E-state index < -0.39 is 0 Å². The number of fused-ring (bicyclic) bond motifs is 1. The van der Waals surface area contributed by atoms with Gasteiger partial charge in [-0.15, -0.1) is 0 Å². The van der Waals surface area contributed by atoms with E-state index in [0.29, 0.717) is 6.54 Å². The third-order valence-electron chi connectivity index (χ3n) is 3.91. The largest absolute Gasteiger partial charge is 0.497 e. The second-order valence-corrected chi connectivity index (χ2v) is 4.78. The lowest BCUT2D eigenvalue weighted by Crippen LogP contribution is -2.43. The van der Waals surface area contributed by atoms with Crippen LogP contribution in [0.15, 0.2) is 24.5 Å². The van der Waals surface area contributed by atoms with Gasteiger partial charge in [-0.1, -0.05) is 6.42 Å². The van der Waals surface area contributed by atoms with E-state index in [2.05, 4.69) is 9.38 Å². The molecule has 0 unspecified atom stereocenters. The molecule has 2 aromatic heterocycles. The molecule has 4 nitrogen and oxygen atoms in total. The lowest BCUT2D eigenvalue weighted by molar-refractivity contribution is 0.237. The van der Waals surface area contributed by atoms with Gasteiger partial charge in [-0.3, -0.25) is 0 Å². The number of nitrogens with zero attached hydrogens (tertiary/aromatic N) is 2. The van der Waals surface area contributed by atoms with Crippen molar-refractivity contribution in [2.75, 3.05) is 13.7 Å². The normalized spacial score (nSPS) is 18.0. The standard InChI is InChI=1S/C13H17N3O/c1-17-11-3-6-16-10(7-11)8-15-12(16)13(9-14)4-2-5-13/h3,6-8H,2,4-5,9,14H2,1H3. The van der Waals surface area contributed by atoms with Crippen molar-refractivity contribution in [3.8, 4) is 5.75 Å². The number of methoxy groups -OCH3 is 1. The van der Waals surface area contributed by atoms with Crippen LogP contribution in [0.4, 0.5) is 0 Å². The predicted octanol–water partition coefficient (Wildman–Crippen LogP) is 1.72. The van der Waals surface area contributed by atoms with E-state index in [4.69, 9.17) is 10.5 Å². The SMILES string of the molecule is COc1ccn2c(C3(CN)CCC3)ncc2c1. The van der Waals surface area contributed by atoms with Gasteiger partial charge in [0.15, 0.2) is 0 Å². The summed E-state index contributed by atoms with van der Waals surface area (Å²) in [5.41, 5.74) is 7.10. The number of pyridine rings is 1. The highest BCUT2D eigenvalue weighted by Crippen LogP contribution is 2.42. The molecule has 0 atom stereocenters. The molecule has 0 radical (unpaired) electrons. The van der Waals surface area contributed by atoms with Crippen LogP contribution >= 0.6 is 0 Å². The van der Waals surface area contributed by atoms with Crippen molar-refractivity contribution in [1.29, 1.82) is 0 Å². The minimum Gasteiger partial charge on any atom is -0.497 e. The molecule has 0 bridgehead atoms. The van der Waals surface area contributed by atoms with E-state index in [0.717, 1.165) is 29.9 Å². The van der Waals surface area contributed by atoms with Crippen molar-refractivity contribution >= 4 is 5.52 Å². The molecule has 1 fully saturated rings. The molecule has 1 aliphatic carbocycles. The van der Waals surface area contributed by atoms with Gasteiger partial charge in [0, 0.05) is 24.2 Å². The van der Waals surface area contributed by atoms with Crippen LogP contribution in [0, 0.1) is 0 Å². The topological polar surface area (TPSA) is 52.5 Å². The predicted molar refractivity (Wildman–Crippen MR) is 66.3 cm³/mol. The van der Waals surface area contributed by atoms with Crippen LogP contribution in [-0.4, -0.2) is 23.0 Å². The average molecular weight is 231 g/mol. The van der Waals surface area contributed by atoms with Crippen LogP contribution in [0.3, 0.4) is 0 Å². The Balaban J connectivity index is 2.12. The third kappa shape index (κ3) is 1.44. The molecule has 2 N–H and O–H groups in total. The maximum Gasteiger partial charge on any atom is 0.122 e. The first kappa shape index (κ1) is 10.6. The van der Waals surface area contributed by atoms with Crippen molar-refractivity contribution in [1.82, 2.24) is 9.38 Å². The number of ether oxygens (including phenoxy) is 1. The molecule has 2 heterocycles. The van der Waals surface area contributed by atoms with E-state index in [1.54, 1.807) is 7.11 Å². The van der Waals surface area contributed by atoms with Gasteiger partial charge in [-0.05, 0) is 18.9 Å². The van der Waals surface area contributed by atoms with Gasteiger partial charge in [-0.25, -0.2) is 4.98 Å².